The number of tetrazole rings is 1. The maximum Gasteiger partial charge on any atom is 0.199 e. The number of nitrogens with zero attached hydrogens (tertiary/aromatic N) is 6. The van der Waals surface area contributed by atoms with E-state index in [4.69, 9.17) is 11.6 Å². The molecule has 4 heterocycles. The first-order valence-corrected chi connectivity index (χ1v) is 6.71. The number of alkyl halides is 1. The van der Waals surface area contributed by atoms with Crippen molar-refractivity contribution in [2.45, 2.75) is 43.1 Å². The van der Waals surface area contributed by atoms with Gasteiger partial charge in [0.15, 0.2) is 11.5 Å². The normalized spacial score (nSPS) is 31.2. The van der Waals surface area contributed by atoms with E-state index in [2.05, 4.69) is 25.4 Å². The average Bonchev–Trinajstić information content (AvgIpc) is 2.92. The second-order valence-corrected chi connectivity index (χ2v) is 5.69. The van der Waals surface area contributed by atoms with Crippen molar-refractivity contribution in [2.24, 2.45) is 0 Å². The fourth-order valence-electron chi connectivity index (χ4n) is 3.32. The molecule has 4 rings (SSSR count). The van der Waals surface area contributed by atoms with E-state index in [1.807, 2.05) is 6.20 Å². The first kappa shape index (κ1) is 10.5. The predicted molar refractivity (Wildman–Crippen MR) is 66.7 cm³/mol. The van der Waals surface area contributed by atoms with E-state index in [-0.39, 0.29) is 0 Å². The highest BCUT2D eigenvalue weighted by molar-refractivity contribution is 6.20. The molecule has 2 saturated heterocycles. The van der Waals surface area contributed by atoms with Gasteiger partial charge in [0.25, 0.3) is 0 Å². The van der Waals surface area contributed by atoms with Gasteiger partial charge in [-0.2, -0.15) is 4.52 Å². The zero-order valence-electron chi connectivity index (χ0n) is 9.78. The molecule has 2 atom stereocenters. The third-order valence-electron chi connectivity index (χ3n) is 4.03. The average molecular weight is 265 g/mol. The number of aromatic nitrogens is 5. The highest BCUT2D eigenvalue weighted by Crippen LogP contribution is 2.40. The summed E-state index contributed by atoms with van der Waals surface area (Å²) in [5.41, 5.74) is 0.694. The monoisotopic (exact) mass is 264 g/mol. The molecule has 0 spiro atoms. The molecule has 2 unspecified atom stereocenters. The van der Waals surface area contributed by atoms with Crippen LogP contribution in [0.1, 0.15) is 25.7 Å². The smallest absolute Gasteiger partial charge is 0.199 e. The van der Waals surface area contributed by atoms with Crippen molar-refractivity contribution in [3.05, 3.63) is 12.4 Å². The topological polar surface area (TPSA) is 59.2 Å². The second-order valence-electron chi connectivity index (χ2n) is 5.08. The van der Waals surface area contributed by atoms with Gasteiger partial charge in [-0.3, -0.25) is 4.98 Å². The maximum atomic E-state index is 6.31. The number of hydrogen-bond acceptors (Lipinski definition) is 5. The van der Waals surface area contributed by atoms with E-state index in [0.29, 0.717) is 23.1 Å². The van der Waals surface area contributed by atoms with Crippen LogP contribution in [0, 0.1) is 0 Å². The summed E-state index contributed by atoms with van der Waals surface area (Å²) in [6.07, 6.45) is 8.01. The van der Waals surface area contributed by atoms with Crippen LogP contribution in [0.25, 0.3) is 5.65 Å². The van der Waals surface area contributed by atoms with Gasteiger partial charge in [-0.15, -0.1) is 16.7 Å². The molecule has 94 valence electrons. The molecule has 2 bridgehead atoms. The molecule has 2 aromatic rings. The van der Waals surface area contributed by atoms with Gasteiger partial charge in [-0.1, -0.05) is 0 Å². The fraction of sp³-hybridized carbons (Fsp3) is 0.636. The molecule has 0 amide bonds. The summed E-state index contributed by atoms with van der Waals surface area (Å²) in [6, 6.07) is 1.01. The molecule has 2 fully saturated rings. The summed E-state index contributed by atoms with van der Waals surface area (Å²) in [5.74, 6) is 0.994. The van der Waals surface area contributed by atoms with Crippen LogP contribution in [0.3, 0.4) is 0 Å². The van der Waals surface area contributed by atoms with Crippen molar-refractivity contribution in [3.63, 3.8) is 0 Å². The fourth-order valence-corrected chi connectivity index (χ4v) is 3.74. The Hall–Kier alpha value is -1.43. The van der Waals surface area contributed by atoms with Gasteiger partial charge in [0.1, 0.15) is 0 Å². The summed E-state index contributed by atoms with van der Waals surface area (Å²) in [6.45, 7) is 0. The summed E-state index contributed by atoms with van der Waals surface area (Å²) in [5, 5.41) is 12.0. The first-order valence-electron chi connectivity index (χ1n) is 6.27. The Morgan fingerprint density at radius 2 is 1.94 bits per heavy atom. The molecule has 0 aliphatic carbocycles. The number of hydrogen-bond donors (Lipinski definition) is 0. The zero-order chi connectivity index (χ0) is 12.1. The highest BCUT2D eigenvalue weighted by atomic mass is 35.5. The first-order chi connectivity index (χ1) is 8.83. The molecule has 2 aliphatic rings. The SMILES string of the molecule is ClC1CC2CCC(C1)N2c1cncc2nnnn12. The lowest BCUT2D eigenvalue weighted by molar-refractivity contribution is 0.466. The van der Waals surface area contributed by atoms with Crippen LogP contribution in [0.5, 0.6) is 0 Å². The lowest BCUT2D eigenvalue weighted by atomic mass is 10.0. The number of anilines is 1. The lowest BCUT2D eigenvalue weighted by Gasteiger charge is -2.38. The van der Waals surface area contributed by atoms with Gasteiger partial charge >= 0.3 is 0 Å². The quantitative estimate of drug-likeness (QED) is 0.726. The van der Waals surface area contributed by atoms with E-state index in [1.165, 1.54) is 12.8 Å². The third kappa shape index (κ3) is 1.41. The largest absolute Gasteiger partial charge is 0.349 e. The molecule has 6 nitrogen and oxygen atoms in total. The molecule has 18 heavy (non-hydrogen) atoms. The van der Waals surface area contributed by atoms with Gasteiger partial charge in [0.05, 0.1) is 12.4 Å². The minimum absolute atomic E-state index is 0.305. The molecule has 0 saturated carbocycles. The van der Waals surface area contributed by atoms with Crippen LogP contribution in [-0.4, -0.2) is 42.5 Å². The van der Waals surface area contributed by atoms with E-state index >= 15 is 0 Å². The number of piperidine rings is 1. The van der Waals surface area contributed by atoms with E-state index in [9.17, 15) is 0 Å². The molecule has 0 radical (unpaired) electrons. The van der Waals surface area contributed by atoms with Gasteiger partial charge in [-0.05, 0) is 36.1 Å². The summed E-state index contributed by atoms with van der Waals surface area (Å²) in [4.78, 5) is 6.65. The van der Waals surface area contributed by atoms with E-state index < -0.39 is 0 Å². The van der Waals surface area contributed by atoms with Crippen LogP contribution in [0.2, 0.25) is 0 Å². The highest BCUT2D eigenvalue weighted by Gasteiger charge is 2.41. The molecule has 7 heteroatoms. The van der Waals surface area contributed by atoms with Gasteiger partial charge in [-0.25, -0.2) is 0 Å². The summed E-state index contributed by atoms with van der Waals surface area (Å²) >= 11 is 6.31. The van der Waals surface area contributed by atoms with Crippen LogP contribution in [-0.2, 0) is 0 Å². The third-order valence-corrected chi connectivity index (χ3v) is 4.39. The van der Waals surface area contributed by atoms with Crippen molar-refractivity contribution >= 4 is 23.1 Å². The number of rotatable bonds is 1. The van der Waals surface area contributed by atoms with Crippen molar-refractivity contribution < 1.29 is 0 Å². The second kappa shape index (κ2) is 3.78. The molecule has 2 aliphatic heterocycles. The maximum absolute atomic E-state index is 6.31. The Bertz CT molecular complexity index is 570. The minimum Gasteiger partial charge on any atom is -0.349 e. The number of fused-ring (bicyclic) bond motifs is 3. The van der Waals surface area contributed by atoms with Crippen LogP contribution in [0.4, 0.5) is 5.82 Å². The van der Waals surface area contributed by atoms with Gasteiger partial charge in [0.2, 0.25) is 0 Å². The summed E-state index contributed by atoms with van der Waals surface area (Å²) < 4.78 is 1.77. The van der Waals surface area contributed by atoms with E-state index in [0.717, 1.165) is 18.7 Å². The van der Waals surface area contributed by atoms with E-state index in [1.54, 1.807) is 10.7 Å². The molecular weight excluding hydrogens is 252 g/mol. The van der Waals surface area contributed by atoms with Crippen molar-refractivity contribution in [3.8, 4) is 0 Å². The lowest BCUT2D eigenvalue weighted by Crippen LogP contribution is -2.44. The molecule has 0 aromatic carbocycles. The Morgan fingerprint density at radius 3 is 2.72 bits per heavy atom. The summed E-state index contributed by atoms with van der Waals surface area (Å²) in [7, 11) is 0. The minimum atomic E-state index is 0.305. The molecule has 0 N–H and O–H groups in total. The Kier molecular flexibility index (Phi) is 2.20. The molecule has 2 aromatic heterocycles. The number of halogens is 1. The molecular formula is C11H13ClN6. The predicted octanol–water partition coefficient (Wildman–Crippen LogP) is 1.26. The van der Waals surface area contributed by atoms with Gasteiger partial charge in [0, 0.05) is 17.5 Å². The van der Waals surface area contributed by atoms with Crippen LogP contribution >= 0.6 is 11.6 Å². The van der Waals surface area contributed by atoms with Crippen LogP contribution < -0.4 is 4.90 Å². The van der Waals surface area contributed by atoms with Crippen molar-refractivity contribution in [2.75, 3.05) is 4.90 Å². The Labute approximate surface area is 109 Å². The van der Waals surface area contributed by atoms with Crippen LogP contribution in [0.15, 0.2) is 12.4 Å². The standard InChI is InChI=1S/C11H13ClN6/c12-7-3-8-1-2-9(4-7)17(8)11-6-13-5-10-14-15-16-18(10)11/h5-9H,1-4H2. The Morgan fingerprint density at radius 1 is 1.17 bits per heavy atom. The zero-order valence-corrected chi connectivity index (χ0v) is 10.5. The van der Waals surface area contributed by atoms with Crippen molar-refractivity contribution in [1.29, 1.82) is 0 Å². The van der Waals surface area contributed by atoms with Gasteiger partial charge < -0.3 is 4.90 Å². The van der Waals surface area contributed by atoms with Crippen molar-refractivity contribution in [1.82, 2.24) is 25.0 Å². The Balaban J connectivity index is 1.81.